The molecule has 0 aromatic carbocycles. The highest BCUT2D eigenvalue weighted by Gasteiger charge is 2.12. The summed E-state index contributed by atoms with van der Waals surface area (Å²) in [6.07, 6.45) is 6.13. The Labute approximate surface area is 95.3 Å². The SMILES string of the molecule is Cn1ccnc1SCc1nccn1C(F)F. The largest absolute Gasteiger partial charge is 0.329 e. The Morgan fingerprint density at radius 1 is 1.31 bits per heavy atom. The molecule has 0 N–H and O–H groups in total. The summed E-state index contributed by atoms with van der Waals surface area (Å²) < 4.78 is 27.7. The predicted octanol–water partition coefficient (Wildman–Crippen LogP) is 2.30. The molecule has 2 heterocycles. The second-order valence-corrected chi connectivity index (χ2v) is 4.08. The molecule has 0 radical (unpaired) electrons. The lowest BCUT2D eigenvalue weighted by molar-refractivity contribution is 0.0678. The fourth-order valence-corrected chi connectivity index (χ4v) is 2.14. The Balaban J connectivity index is 2.05. The smallest absolute Gasteiger partial charge is 0.319 e. The lowest BCUT2D eigenvalue weighted by Gasteiger charge is -2.05. The summed E-state index contributed by atoms with van der Waals surface area (Å²) in [4.78, 5) is 7.98. The van der Waals surface area contributed by atoms with Gasteiger partial charge in [0.15, 0.2) is 5.16 Å². The van der Waals surface area contributed by atoms with E-state index in [1.54, 1.807) is 6.20 Å². The molecule has 4 nitrogen and oxygen atoms in total. The van der Waals surface area contributed by atoms with Crippen molar-refractivity contribution >= 4 is 11.8 Å². The van der Waals surface area contributed by atoms with E-state index in [9.17, 15) is 8.78 Å². The summed E-state index contributed by atoms with van der Waals surface area (Å²) in [6, 6.07) is 0. The third kappa shape index (κ3) is 2.24. The molecule has 2 aromatic heterocycles. The molecule has 2 aromatic rings. The van der Waals surface area contributed by atoms with Crippen LogP contribution in [0.2, 0.25) is 0 Å². The molecule has 16 heavy (non-hydrogen) atoms. The number of halogens is 2. The van der Waals surface area contributed by atoms with Crippen LogP contribution >= 0.6 is 11.8 Å². The predicted molar refractivity (Wildman–Crippen MR) is 56.2 cm³/mol. The van der Waals surface area contributed by atoms with Crippen molar-refractivity contribution in [3.05, 3.63) is 30.6 Å². The molecule has 0 bridgehead atoms. The van der Waals surface area contributed by atoms with Crippen molar-refractivity contribution in [2.75, 3.05) is 0 Å². The molecule has 86 valence electrons. The number of rotatable bonds is 4. The molecular formula is C9H10F2N4S. The minimum absolute atomic E-state index is 0.350. The van der Waals surface area contributed by atoms with Crippen LogP contribution in [0.4, 0.5) is 8.78 Å². The van der Waals surface area contributed by atoms with E-state index in [1.165, 1.54) is 24.2 Å². The number of nitrogens with zero attached hydrogens (tertiary/aromatic N) is 4. The standard InChI is InChI=1S/C9H10F2N4S/c1-14-4-2-13-9(14)16-6-7-12-3-5-15(7)8(10)11/h2-5,8H,6H2,1H3. The normalized spacial score (nSPS) is 11.2. The van der Waals surface area contributed by atoms with Gasteiger partial charge in [-0.2, -0.15) is 8.78 Å². The Morgan fingerprint density at radius 2 is 2.06 bits per heavy atom. The summed E-state index contributed by atoms with van der Waals surface area (Å²) in [5, 5.41) is 0.781. The van der Waals surface area contributed by atoms with E-state index in [-0.39, 0.29) is 0 Å². The summed E-state index contributed by atoms with van der Waals surface area (Å²) in [5.41, 5.74) is 0. The van der Waals surface area contributed by atoms with Gasteiger partial charge in [0, 0.05) is 31.8 Å². The first-order valence-corrected chi connectivity index (χ1v) is 5.57. The van der Waals surface area contributed by atoms with E-state index in [0.29, 0.717) is 11.6 Å². The lowest BCUT2D eigenvalue weighted by atomic mass is 10.7. The number of alkyl halides is 2. The third-order valence-electron chi connectivity index (χ3n) is 2.07. The first kappa shape index (κ1) is 11.1. The van der Waals surface area contributed by atoms with Crippen molar-refractivity contribution in [1.82, 2.24) is 19.1 Å². The maximum Gasteiger partial charge on any atom is 0.319 e. The molecule has 0 aliphatic rings. The fourth-order valence-electron chi connectivity index (χ4n) is 1.25. The van der Waals surface area contributed by atoms with Gasteiger partial charge in [0.1, 0.15) is 5.82 Å². The van der Waals surface area contributed by atoms with Crippen LogP contribution in [0.3, 0.4) is 0 Å². The molecule has 0 atom stereocenters. The van der Waals surface area contributed by atoms with Gasteiger partial charge in [0.2, 0.25) is 0 Å². The number of hydrogen-bond acceptors (Lipinski definition) is 3. The van der Waals surface area contributed by atoms with Crippen molar-refractivity contribution in [1.29, 1.82) is 0 Å². The van der Waals surface area contributed by atoms with Crippen molar-refractivity contribution in [2.24, 2.45) is 7.05 Å². The number of aryl methyl sites for hydroxylation is 1. The van der Waals surface area contributed by atoms with Crippen molar-refractivity contribution < 1.29 is 8.78 Å². The average molecular weight is 244 g/mol. The Kier molecular flexibility index (Phi) is 3.23. The van der Waals surface area contributed by atoms with E-state index in [0.717, 1.165) is 9.72 Å². The second-order valence-electron chi connectivity index (χ2n) is 3.14. The maximum atomic E-state index is 12.5. The molecule has 2 rings (SSSR count). The zero-order valence-electron chi connectivity index (χ0n) is 8.55. The summed E-state index contributed by atoms with van der Waals surface area (Å²) in [6.45, 7) is -2.54. The first-order chi connectivity index (χ1) is 7.68. The van der Waals surface area contributed by atoms with Gasteiger partial charge in [-0.05, 0) is 0 Å². The van der Waals surface area contributed by atoms with E-state index < -0.39 is 6.55 Å². The molecule has 0 aliphatic heterocycles. The highest BCUT2D eigenvalue weighted by Crippen LogP contribution is 2.22. The molecule has 0 aliphatic carbocycles. The maximum absolute atomic E-state index is 12.5. The van der Waals surface area contributed by atoms with Crippen LogP contribution in [-0.2, 0) is 12.8 Å². The van der Waals surface area contributed by atoms with Crippen LogP contribution in [0, 0.1) is 0 Å². The minimum Gasteiger partial charge on any atom is -0.329 e. The molecule has 0 fully saturated rings. The van der Waals surface area contributed by atoms with Crippen molar-refractivity contribution in [3.8, 4) is 0 Å². The lowest BCUT2D eigenvalue weighted by Crippen LogP contribution is -2.02. The molecule has 0 unspecified atom stereocenters. The Hall–Kier alpha value is -1.37. The van der Waals surface area contributed by atoms with Crippen LogP contribution in [-0.4, -0.2) is 19.1 Å². The molecule has 0 amide bonds. The van der Waals surface area contributed by atoms with Gasteiger partial charge in [-0.25, -0.2) is 9.97 Å². The Morgan fingerprint density at radius 3 is 2.69 bits per heavy atom. The monoisotopic (exact) mass is 244 g/mol. The van der Waals surface area contributed by atoms with Crippen LogP contribution in [0.25, 0.3) is 0 Å². The first-order valence-electron chi connectivity index (χ1n) is 4.58. The minimum atomic E-state index is -2.54. The van der Waals surface area contributed by atoms with Gasteiger partial charge in [-0.3, -0.25) is 4.57 Å². The van der Waals surface area contributed by atoms with Crippen LogP contribution in [0.5, 0.6) is 0 Å². The molecule has 0 saturated heterocycles. The summed E-state index contributed by atoms with van der Waals surface area (Å²) >= 11 is 1.38. The molecular weight excluding hydrogens is 234 g/mol. The van der Waals surface area contributed by atoms with E-state index >= 15 is 0 Å². The highest BCUT2D eigenvalue weighted by molar-refractivity contribution is 7.98. The number of imidazole rings is 2. The average Bonchev–Trinajstić information content (AvgIpc) is 2.83. The zero-order chi connectivity index (χ0) is 11.5. The van der Waals surface area contributed by atoms with Gasteiger partial charge in [0.25, 0.3) is 0 Å². The number of aromatic nitrogens is 4. The summed E-state index contributed by atoms with van der Waals surface area (Å²) in [5.74, 6) is 0.727. The Bertz CT molecular complexity index is 466. The van der Waals surface area contributed by atoms with Crippen LogP contribution in [0.15, 0.2) is 29.9 Å². The van der Waals surface area contributed by atoms with E-state index in [4.69, 9.17) is 0 Å². The van der Waals surface area contributed by atoms with Crippen LogP contribution in [0.1, 0.15) is 12.4 Å². The zero-order valence-corrected chi connectivity index (χ0v) is 9.36. The van der Waals surface area contributed by atoms with E-state index in [1.807, 2.05) is 17.8 Å². The van der Waals surface area contributed by atoms with Gasteiger partial charge < -0.3 is 4.57 Å². The fraction of sp³-hybridized carbons (Fsp3) is 0.333. The number of thioether (sulfide) groups is 1. The highest BCUT2D eigenvalue weighted by atomic mass is 32.2. The molecule has 7 heteroatoms. The second kappa shape index (κ2) is 4.65. The van der Waals surface area contributed by atoms with Crippen LogP contribution < -0.4 is 0 Å². The quantitative estimate of drug-likeness (QED) is 0.774. The van der Waals surface area contributed by atoms with Gasteiger partial charge >= 0.3 is 6.55 Å². The molecule has 0 saturated carbocycles. The number of hydrogen-bond donors (Lipinski definition) is 0. The topological polar surface area (TPSA) is 35.6 Å². The summed E-state index contributed by atoms with van der Waals surface area (Å²) in [7, 11) is 1.86. The van der Waals surface area contributed by atoms with E-state index in [2.05, 4.69) is 9.97 Å². The van der Waals surface area contributed by atoms with Gasteiger partial charge in [0.05, 0.1) is 5.75 Å². The molecule has 0 spiro atoms. The van der Waals surface area contributed by atoms with Gasteiger partial charge in [-0.1, -0.05) is 11.8 Å². The van der Waals surface area contributed by atoms with Crippen molar-refractivity contribution in [3.63, 3.8) is 0 Å². The third-order valence-corrected chi connectivity index (χ3v) is 3.12. The van der Waals surface area contributed by atoms with Gasteiger partial charge in [-0.15, -0.1) is 0 Å². The van der Waals surface area contributed by atoms with Crippen molar-refractivity contribution in [2.45, 2.75) is 17.5 Å².